The fourth-order valence-electron chi connectivity index (χ4n) is 2.44. The fraction of sp³-hybridized carbons (Fsp3) is 0.429. The highest BCUT2D eigenvalue weighted by atomic mass is 16.5. The first-order valence-corrected chi connectivity index (χ1v) is 6.64. The number of amides is 1. The molecule has 0 aromatic carbocycles. The molecule has 3 rings (SSSR count). The predicted molar refractivity (Wildman–Crippen MR) is 72.7 cm³/mol. The molecule has 1 fully saturated rings. The Balaban J connectivity index is 1.84. The highest BCUT2D eigenvalue weighted by Crippen LogP contribution is 2.13. The van der Waals surface area contributed by atoms with Crippen molar-refractivity contribution in [3.05, 3.63) is 35.8 Å². The normalized spacial score (nSPS) is 19.5. The third kappa shape index (κ3) is 2.28. The van der Waals surface area contributed by atoms with E-state index in [9.17, 15) is 4.79 Å². The zero-order valence-corrected chi connectivity index (χ0v) is 11.3. The number of nitrogens with zero attached hydrogens (tertiary/aromatic N) is 3. The molecule has 1 atom stereocenters. The van der Waals surface area contributed by atoms with E-state index in [4.69, 9.17) is 9.84 Å². The standard InChI is InChI=1S/C14H17N3O3/c1-10-7-15-13-6-11(2-3-17(10)13)14(19)16-4-5-20-12(8-16)9-18/h2-3,6-7,12,18H,4-5,8-9H2,1H3. The third-order valence-electron chi connectivity index (χ3n) is 3.57. The maximum absolute atomic E-state index is 12.5. The van der Waals surface area contributed by atoms with Gasteiger partial charge in [0.2, 0.25) is 0 Å². The maximum atomic E-state index is 12.5. The largest absolute Gasteiger partial charge is 0.394 e. The summed E-state index contributed by atoms with van der Waals surface area (Å²) in [5, 5.41) is 9.13. The molecule has 6 heteroatoms. The summed E-state index contributed by atoms with van der Waals surface area (Å²) in [5.74, 6) is -0.0464. The van der Waals surface area contributed by atoms with Gasteiger partial charge >= 0.3 is 0 Å². The van der Waals surface area contributed by atoms with Crippen LogP contribution in [-0.2, 0) is 4.74 Å². The Morgan fingerprint density at radius 1 is 1.60 bits per heavy atom. The molecule has 3 heterocycles. The van der Waals surface area contributed by atoms with Crippen LogP contribution in [0.15, 0.2) is 24.5 Å². The van der Waals surface area contributed by atoms with Gasteiger partial charge in [-0.1, -0.05) is 0 Å². The Hall–Kier alpha value is -1.92. The van der Waals surface area contributed by atoms with Gasteiger partial charge in [-0.25, -0.2) is 4.98 Å². The van der Waals surface area contributed by atoms with Crippen molar-refractivity contribution in [1.82, 2.24) is 14.3 Å². The van der Waals surface area contributed by atoms with E-state index >= 15 is 0 Å². The summed E-state index contributed by atoms with van der Waals surface area (Å²) in [5.41, 5.74) is 2.41. The predicted octanol–water partition coefficient (Wildman–Crippen LogP) is 0.476. The molecule has 0 aliphatic carbocycles. The molecule has 1 aliphatic rings. The van der Waals surface area contributed by atoms with Crippen molar-refractivity contribution in [3.8, 4) is 0 Å². The minimum atomic E-state index is -0.287. The van der Waals surface area contributed by atoms with E-state index in [0.717, 1.165) is 11.3 Å². The van der Waals surface area contributed by atoms with E-state index in [1.165, 1.54) is 0 Å². The summed E-state index contributed by atoms with van der Waals surface area (Å²) < 4.78 is 7.29. The number of aliphatic hydroxyl groups excluding tert-OH is 1. The summed E-state index contributed by atoms with van der Waals surface area (Å²) in [6.45, 7) is 3.33. The number of fused-ring (bicyclic) bond motifs is 1. The Labute approximate surface area is 116 Å². The van der Waals surface area contributed by atoms with Gasteiger partial charge in [0.05, 0.1) is 19.3 Å². The Bertz CT molecular complexity index is 638. The Morgan fingerprint density at radius 2 is 2.45 bits per heavy atom. The smallest absolute Gasteiger partial charge is 0.254 e. The molecule has 106 valence electrons. The van der Waals surface area contributed by atoms with E-state index in [0.29, 0.717) is 25.3 Å². The van der Waals surface area contributed by atoms with E-state index in [-0.39, 0.29) is 18.6 Å². The van der Waals surface area contributed by atoms with Crippen LogP contribution in [0.2, 0.25) is 0 Å². The number of pyridine rings is 1. The molecule has 1 amide bonds. The summed E-state index contributed by atoms with van der Waals surface area (Å²) in [6.07, 6.45) is 3.35. The lowest BCUT2D eigenvalue weighted by atomic mass is 10.2. The van der Waals surface area contributed by atoms with E-state index in [2.05, 4.69) is 4.98 Å². The van der Waals surface area contributed by atoms with Gasteiger partial charge in [-0.05, 0) is 19.1 Å². The van der Waals surface area contributed by atoms with E-state index in [1.807, 2.05) is 17.5 Å². The molecule has 1 saturated heterocycles. The van der Waals surface area contributed by atoms with E-state index < -0.39 is 0 Å². The SMILES string of the molecule is Cc1cnc2cc(C(=O)N3CCOC(CO)C3)ccn12. The summed E-state index contributed by atoms with van der Waals surface area (Å²) in [4.78, 5) is 18.4. The molecule has 6 nitrogen and oxygen atoms in total. The number of hydrogen-bond acceptors (Lipinski definition) is 4. The molecule has 1 N–H and O–H groups in total. The third-order valence-corrected chi connectivity index (χ3v) is 3.57. The number of aliphatic hydroxyl groups is 1. The minimum Gasteiger partial charge on any atom is -0.394 e. The minimum absolute atomic E-state index is 0.0464. The molecule has 1 aliphatic heterocycles. The van der Waals surface area contributed by atoms with Gasteiger partial charge in [0.1, 0.15) is 5.65 Å². The van der Waals surface area contributed by atoms with E-state index in [1.54, 1.807) is 23.2 Å². The fourth-order valence-corrected chi connectivity index (χ4v) is 2.44. The first-order chi connectivity index (χ1) is 9.69. The van der Waals surface area contributed by atoms with Crippen LogP contribution in [-0.4, -0.2) is 57.7 Å². The monoisotopic (exact) mass is 275 g/mol. The van der Waals surface area contributed by atoms with Crippen LogP contribution in [0.25, 0.3) is 5.65 Å². The van der Waals surface area contributed by atoms with Crippen LogP contribution in [0.5, 0.6) is 0 Å². The van der Waals surface area contributed by atoms with Crippen LogP contribution in [0.1, 0.15) is 16.1 Å². The second-order valence-electron chi connectivity index (χ2n) is 4.97. The molecule has 0 saturated carbocycles. The van der Waals surface area contributed by atoms with Crippen molar-refractivity contribution in [3.63, 3.8) is 0 Å². The molecule has 20 heavy (non-hydrogen) atoms. The van der Waals surface area contributed by atoms with Gasteiger partial charge in [-0.2, -0.15) is 0 Å². The molecule has 2 aromatic rings. The zero-order valence-electron chi connectivity index (χ0n) is 11.3. The molecule has 2 aromatic heterocycles. The lowest BCUT2D eigenvalue weighted by Crippen LogP contribution is -2.46. The first kappa shape index (κ1) is 13.1. The van der Waals surface area contributed by atoms with Gasteiger partial charge < -0.3 is 19.1 Å². The number of imidazole rings is 1. The van der Waals surface area contributed by atoms with Crippen LogP contribution >= 0.6 is 0 Å². The lowest BCUT2D eigenvalue weighted by Gasteiger charge is -2.32. The number of ether oxygens (including phenoxy) is 1. The van der Waals surface area contributed by atoms with Crippen LogP contribution in [0.3, 0.4) is 0 Å². The highest BCUT2D eigenvalue weighted by molar-refractivity contribution is 5.95. The maximum Gasteiger partial charge on any atom is 0.254 e. The Kier molecular flexibility index (Phi) is 3.42. The van der Waals surface area contributed by atoms with Crippen LogP contribution in [0.4, 0.5) is 0 Å². The lowest BCUT2D eigenvalue weighted by molar-refractivity contribution is -0.0447. The summed E-state index contributed by atoms with van der Waals surface area (Å²) >= 11 is 0. The topological polar surface area (TPSA) is 67.1 Å². The average Bonchev–Trinajstić information content (AvgIpc) is 2.87. The van der Waals surface area contributed by atoms with Crippen LogP contribution < -0.4 is 0 Å². The van der Waals surface area contributed by atoms with Crippen molar-refractivity contribution in [1.29, 1.82) is 0 Å². The van der Waals surface area contributed by atoms with Gasteiger partial charge in [-0.15, -0.1) is 0 Å². The van der Waals surface area contributed by atoms with Crippen molar-refractivity contribution < 1.29 is 14.6 Å². The van der Waals surface area contributed by atoms with Crippen LogP contribution in [0, 0.1) is 6.92 Å². The molecule has 0 radical (unpaired) electrons. The van der Waals surface area contributed by atoms with Crippen molar-refractivity contribution in [2.75, 3.05) is 26.3 Å². The van der Waals surface area contributed by atoms with Gasteiger partial charge in [-0.3, -0.25) is 4.79 Å². The summed E-state index contributed by atoms with van der Waals surface area (Å²) in [6, 6.07) is 3.59. The second kappa shape index (κ2) is 5.22. The number of rotatable bonds is 2. The van der Waals surface area contributed by atoms with Crippen molar-refractivity contribution >= 4 is 11.6 Å². The van der Waals surface area contributed by atoms with Crippen molar-refractivity contribution in [2.45, 2.75) is 13.0 Å². The first-order valence-electron chi connectivity index (χ1n) is 6.64. The van der Waals surface area contributed by atoms with Gasteiger partial charge in [0.25, 0.3) is 5.91 Å². The molecule has 1 unspecified atom stereocenters. The molecule has 0 bridgehead atoms. The summed E-state index contributed by atoms with van der Waals surface area (Å²) in [7, 11) is 0. The number of carbonyl (C=O) groups is 1. The number of aryl methyl sites for hydroxylation is 1. The number of carbonyl (C=O) groups excluding carboxylic acids is 1. The van der Waals surface area contributed by atoms with Crippen molar-refractivity contribution in [2.24, 2.45) is 0 Å². The average molecular weight is 275 g/mol. The number of aromatic nitrogens is 2. The zero-order chi connectivity index (χ0) is 14.1. The molecular formula is C14H17N3O3. The highest BCUT2D eigenvalue weighted by Gasteiger charge is 2.24. The molecular weight excluding hydrogens is 258 g/mol. The Morgan fingerprint density at radius 3 is 3.25 bits per heavy atom. The number of morpholine rings is 1. The molecule has 0 spiro atoms. The number of hydrogen-bond donors (Lipinski definition) is 1. The second-order valence-corrected chi connectivity index (χ2v) is 4.97. The van der Waals surface area contributed by atoms with Gasteiger partial charge in [0.15, 0.2) is 0 Å². The quantitative estimate of drug-likeness (QED) is 0.865. The van der Waals surface area contributed by atoms with Gasteiger partial charge in [0, 0.05) is 36.7 Å².